The Labute approximate surface area is 120 Å². The number of carbonyl (C=O) groups is 2. The molecule has 1 fully saturated rings. The SMILES string of the molecule is O=C(O)c1c(Br)ccc(Br)c1N1CCOCC1=O. The van der Waals surface area contributed by atoms with E-state index in [1.54, 1.807) is 12.1 Å². The lowest BCUT2D eigenvalue weighted by Crippen LogP contribution is -2.42. The number of carboxylic acids is 1. The van der Waals surface area contributed by atoms with Crippen molar-refractivity contribution < 1.29 is 19.4 Å². The summed E-state index contributed by atoms with van der Waals surface area (Å²) in [5, 5.41) is 9.27. The van der Waals surface area contributed by atoms with E-state index in [0.29, 0.717) is 27.8 Å². The van der Waals surface area contributed by atoms with Crippen LogP contribution in [0, 0.1) is 0 Å². The zero-order chi connectivity index (χ0) is 13.3. The first kappa shape index (κ1) is 13.5. The molecule has 1 aliphatic heterocycles. The van der Waals surface area contributed by atoms with E-state index in [0.717, 1.165) is 0 Å². The molecule has 0 unspecified atom stereocenters. The van der Waals surface area contributed by atoms with Crippen molar-refractivity contribution in [3.63, 3.8) is 0 Å². The molecule has 5 nitrogen and oxygen atoms in total. The second-order valence-electron chi connectivity index (χ2n) is 3.66. The van der Waals surface area contributed by atoms with Gasteiger partial charge >= 0.3 is 5.97 Å². The molecule has 0 spiro atoms. The molecule has 1 amide bonds. The van der Waals surface area contributed by atoms with Crippen molar-refractivity contribution in [2.45, 2.75) is 0 Å². The van der Waals surface area contributed by atoms with E-state index in [-0.39, 0.29) is 18.1 Å². The summed E-state index contributed by atoms with van der Waals surface area (Å²) in [6.07, 6.45) is 0. The molecule has 7 heteroatoms. The van der Waals surface area contributed by atoms with Gasteiger partial charge in [-0.3, -0.25) is 4.79 Å². The van der Waals surface area contributed by atoms with Gasteiger partial charge in [0.1, 0.15) is 6.61 Å². The third-order valence-electron chi connectivity index (χ3n) is 2.55. The molecule has 1 aromatic rings. The summed E-state index contributed by atoms with van der Waals surface area (Å²) >= 11 is 6.49. The summed E-state index contributed by atoms with van der Waals surface area (Å²) in [6, 6.07) is 3.33. The summed E-state index contributed by atoms with van der Waals surface area (Å²) in [5.74, 6) is -1.33. The fourth-order valence-electron chi connectivity index (χ4n) is 1.76. The summed E-state index contributed by atoms with van der Waals surface area (Å²) in [7, 11) is 0. The molecular formula is C11H9Br2NO4. The lowest BCUT2D eigenvalue weighted by molar-refractivity contribution is -0.125. The fraction of sp³-hybridized carbons (Fsp3) is 0.273. The van der Waals surface area contributed by atoms with Gasteiger partial charge in [-0.15, -0.1) is 0 Å². The van der Waals surface area contributed by atoms with Gasteiger partial charge in [-0.25, -0.2) is 4.79 Å². The molecule has 0 saturated carbocycles. The van der Waals surface area contributed by atoms with E-state index in [1.807, 2.05) is 0 Å². The summed E-state index contributed by atoms with van der Waals surface area (Å²) < 4.78 is 6.04. The predicted octanol–water partition coefficient (Wildman–Crippen LogP) is 2.27. The molecule has 96 valence electrons. The first-order chi connectivity index (χ1) is 8.52. The zero-order valence-corrected chi connectivity index (χ0v) is 12.3. The molecule has 0 bridgehead atoms. The van der Waals surface area contributed by atoms with Gasteiger partial charge in [-0.1, -0.05) is 0 Å². The van der Waals surface area contributed by atoms with Crippen LogP contribution in [0.5, 0.6) is 0 Å². The van der Waals surface area contributed by atoms with Crippen LogP contribution in [0.25, 0.3) is 0 Å². The highest BCUT2D eigenvalue weighted by molar-refractivity contribution is 9.11. The number of hydrogen-bond acceptors (Lipinski definition) is 3. The zero-order valence-electron chi connectivity index (χ0n) is 9.15. The van der Waals surface area contributed by atoms with Crippen molar-refractivity contribution in [2.75, 3.05) is 24.7 Å². The molecule has 0 aromatic heterocycles. The van der Waals surface area contributed by atoms with E-state index in [9.17, 15) is 14.7 Å². The number of hydrogen-bond donors (Lipinski definition) is 1. The average molecular weight is 379 g/mol. The van der Waals surface area contributed by atoms with Gasteiger partial charge in [0, 0.05) is 15.5 Å². The van der Waals surface area contributed by atoms with E-state index >= 15 is 0 Å². The Morgan fingerprint density at radius 3 is 2.61 bits per heavy atom. The van der Waals surface area contributed by atoms with Gasteiger partial charge in [0.2, 0.25) is 0 Å². The number of morpholine rings is 1. The number of benzene rings is 1. The smallest absolute Gasteiger partial charge is 0.339 e. The number of halogens is 2. The van der Waals surface area contributed by atoms with Crippen LogP contribution in [-0.4, -0.2) is 36.7 Å². The van der Waals surface area contributed by atoms with Crippen LogP contribution in [0.4, 0.5) is 5.69 Å². The van der Waals surface area contributed by atoms with Crippen LogP contribution in [0.15, 0.2) is 21.1 Å². The van der Waals surface area contributed by atoms with Crippen molar-refractivity contribution >= 4 is 49.4 Å². The van der Waals surface area contributed by atoms with Crippen molar-refractivity contribution in [2.24, 2.45) is 0 Å². The van der Waals surface area contributed by atoms with Crippen molar-refractivity contribution in [3.05, 3.63) is 26.6 Å². The maximum atomic E-state index is 11.8. The molecule has 0 atom stereocenters. The molecule has 1 saturated heterocycles. The third-order valence-corrected chi connectivity index (χ3v) is 3.85. The monoisotopic (exact) mass is 377 g/mol. The highest BCUT2D eigenvalue weighted by Crippen LogP contribution is 2.35. The summed E-state index contributed by atoms with van der Waals surface area (Å²) in [6.45, 7) is 0.704. The van der Waals surface area contributed by atoms with E-state index in [4.69, 9.17) is 4.74 Å². The van der Waals surface area contributed by atoms with Crippen molar-refractivity contribution in [3.8, 4) is 0 Å². The second kappa shape index (κ2) is 5.38. The Balaban J connectivity index is 2.57. The Morgan fingerprint density at radius 2 is 2.00 bits per heavy atom. The van der Waals surface area contributed by atoms with Crippen molar-refractivity contribution in [1.82, 2.24) is 0 Å². The maximum Gasteiger partial charge on any atom is 0.339 e. The van der Waals surface area contributed by atoms with E-state index in [1.165, 1.54) is 4.90 Å². The molecular weight excluding hydrogens is 370 g/mol. The highest BCUT2D eigenvalue weighted by atomic mass is 79.9. The summed E-state index contributed by atoms with van der Waals surface area (Å²) in [5.41, 5.74) is 0.435. The number of carbonyl (C=O) groups excluding carboxylic acids is 1. The second-order valence-corrected chi connectivity index (χ2v) is 5.36. The molecule has 18 heavy (non-hydrogen) atoms. The number of ether oxygens (including phenoxy) is 1. The lowest BCUT2D eigenvalue weighted by Gasteiger charge is -2.29. The van der Waals surface area contributed by atoms with E-state index in [2.05, 4.69) is 31.9 Å². The molecule has 0 aliphatic carbocycles. The van der Waals surface area contributed by atoms with Gasteiger partial charge in [0.15, 0.2) is 0 Å². The predicted molar refractivity (Wildman–Crippen MR) is 72.0 cm³/mol. The topological polar surface area (TPSA) is 66.8 Å². The van der Waals surface area contributed by atoms with Crippen LogP contribution in [0.1, 0.15) is 10.4 Å². The van der Waals surface area contributed by atoms with Gasteiger partial charge < -0.3 is 14.7 Å². The number of amides is 1. The highest BCUT2D eigenvalue weighted by Gasteiger charge is 2.28. The molecule has 1 aliphatic rings. The van der Waals surface area contributed by atoms with Crippen LogP contribution in [0.3, 0.4) is 0 Å². The van der Waals surface area contributed by atoms with Crippen LogP contribution < -0.4 is 4.90 Å². The Morgan fingerprint density at radius 1 is 1.33 bits per heavy atom. The fourth-order valence-corrected chi connectivity index (χ4v) is 2.80. The summed E-state index contributed by atoms with van der Waals surface area (Å²) in [4.78, 5) is 24.6. The van der Waals surface area contributed by atoms with Gasteiger partial charge in [-0.2, -0.15) is 0 Å². The number of aromatic carboxylic acids is 1. The quantitative estimate of drug-likeness (QED) is 0.857. The molecule has 2 rings (SSSR count). The molecule has 1 heterocycles. The normalized spacial score (nSPS) is 15.9. The largest absolute Gasteiger partial charge is 0.478 e. The van der Waals surface area contributed by atoms with Crippen LogP contribution in [0.2, 0.25) is 0 Å². The first-order valence-electron chi connectivity index (χ1n) is 5.11. The minimum Gasteiger partial charge on any atom is -0.478 e. The molecule has 1 aromatic carbocycles. The van der Waals surface area contributed by atoms with Gasteiger partial charge in [0.25, 0.3) is 5.91 Å². The Hall–Kier alpha value is -0.920. The number of carboxylic acid groups (broad SMARTS) is 1. The minimum absolute atomic E-state index is 0.0297. The average Bonchev–Trinajstić information content (AvgIpc) is 2.32. The number of rotatable bonds is 2. The maximum absolute atomic E-state index is 11.8. The third kappa shape index (κ3) is 2.43. The van der Waals surface area contributed by atoms with Gasteiger partial charge in [0.05, 0.1) is 17.9 Å². The van der Waals surface area contributed by atoms with E-state index < -0.39 is 5.97 Å². The number of nitrogens with zero attached hydrogens (tertiary/aromatic N) is 1. The van der Waals surface area contributed by atoms with Crippen molar-refractivity contribution in [1.29, 1.82) is 0 Å². The van der Waals surface area contributed by atoms with Crippen LogP contribution >= 0.6 is 31.9 Å². The lowest BCUT2D eigenvalue weighted by atomic mass is 10.1. The first-order valence-corrected chi connectivity index (χ1v) is 6.70. The van der Waals surface area contributed by atoms with Gasteiger partial charge in [-0.05, 0) is 44.0 Å². The number of anilines is 1. The molecule has 1 N–H and O–H groups in total. The molecule has 0 radical (unpaired) electrons. The Bertz CT molecular complexity index is 518. The standard InChI is InChI=1S/C11H9Br2NO4/c12-6-1-2-7(13)10(9(6)11(16)17)14-3-4-18-5-8(14)15/h1-2H,3-5H2,(H,16,17). The van der Waals surface area contributed by atoms with Crippen LogP contribution in [-0.2, 0) is 9.53 Å². The Kier molecular flexibility index (Phi) is 4.04. The minimum atomic E-state index is -1.09.